The van der Waals surface area contributed by atoms with Gasteiger partial charge in [0.25, 0.3) is 0 Å². The summed E-state index contributed by atoms with van der Waals surface area (Å²) in [4.78, 5) is 25.6. The van der Waals surface area contributed by atoms with Crippen LogP contribution in [0.1, 0.15) is 11.3 Å². The van der Waals surface area contributed by atoms with Crippen molar-refractivity contribution in [3.63, 3.8) is 0 Å². The van der Waals surface area contributed by atoms with Crippen molar-refractivity contribution in [2.45, 2.75) is 13.1 Å². The lowest BCUT2D eigenvalue weighted by Crippen LogP contribution is -2.27. The van der Waals surface area contributed by atoms with Crippen LogP contribution in [0.25, 0.3) is 11.3 Å². The minimum absolute atomic E-state index is 0.127. The number of hydrogen-bond acceptors (Lipinski definition) is 8. The van der Waals surface area contributed by atoms with Crippen molar-refractivity contribution in [1.82, 2.24) is 25.1 Å². The van der Waals surface area contributed by atoms with Crippen LogP contribution in [0, 0.1) is 6.92 Å². The molecule has 0 bridgehead atoms. The van der Waals surface area contributed by atoms with Gasteiger partial charge < -0.3 is 10.6 Å². The minimum Gasteiger partial charge on any atom is -0.323 e. The van der Waals surface area contributed by atoms with Crippen molar-refractivity contribution in [2.24, 2.45) is 0 Å². The van der Waals surface area contributed by atoms with Gasteiger partial charge in [-0.3, -0.25) is 10.4 Å². The summed E-state index contributed by atoms with van der Waals surface area (Å²) in [5, 5.41) is 15.5. The van der Waals surface area contributed by atoms with Crippen LogP contribution in [-0.4, -0.2) is 31.2 Å². The number of nitrogens with one attached hydrogen (secondary N) is 4. The van der Waals surface area contributed by atoms with E-state index in [1.807, 2.05) is 43.3 Å². The van der Waals surface area contributed by atoms with E-state index >= 15 is 0 Å². The number of rotatable bonds is 7. The average molecular weight is 612 g/mol. The van der Waals surface area contributed by atoms with E-state index in [0.717, 1.165) is 27.7 Å². The monoisotopic (exact) mass is 611 g/mol. The predicted octanol–water partition coefficient (Wildman–Crippen LogP) is 7.61. The number of alkyl halides is 3. The van der Waals surface area contributed by atoms with Crippen molar-refractivity contribution in [3.05, 3.63) is 95.3 Å². The van der Waals surface area contributed by atoms with Crippen LogP contribution in [0.3, 0.4) is 0 Å². The Balaban J connectivity index is 1.23. The third kappa shape index (κ3) is 6.90. The molecule has 5 rings (SSSR count). The fourth-order valence-corrected chi connectivity index (χ4v) is 4.18. The summed E-state index contributed by atoms with van der Waals surface area (Å²) >= 11 is 9.67. The fraction of sp³-hybridized carbons (Fsp3) is 0.0741. The molecule has 5 aromatic rings. The van der Waals surface area contributed by atoms with Crippen LogP contribution in [0.5, 0.6) is 0 Å². The molecule has 0 saturated carbocycles. The van der Waals surface area contributed by atoms with Gasteiger partial charge in [-0.15, -0.1) is 0 Å². The highest BCUT2D eigenvalue weighted by Gasteiger charge is 2.34. The minimum atomic E-state index is -4.69. The first kappa shape index (κ1) is 28.7. The largest absolute Gasteiger partial charge is 0.417 e. The summed E-state index contributed by atoms with van der Waals surface area (Å²) < 4.78 is 40.2. The van der Waals surface area contributed by atoms with E-state index in [-0.39, 0.29) is 11.5 Å². The lowest BCUT2D eigenvalue weighted by Gasteiger charge is -2.18. The number of carbonyl (C=O) groups is 1. The first-order chi connectivity index (χ1) is 20.0. The summed E-state index contributed by atoms with van der Waals surface area (Å²) in [6.07, 6.45) is -3.26. The van der Waals surface area contributed by atoms with Crippen molar-refractivity contribution in [1.29, 1.82) is 0 Å². The molecule has 0 saturated heterocycles. The molecule has 4 N–H and O–H groups in total. The zero-order chi connectivity index (χ0) is 29.9. The van der Waals surface area contributed by atoms with Gasteiger partial charge in [0.2, 0.25) is 5.95 Å². The SMILES string of the molecule is Cc1cc(Nc2cc(-c3ccccc3)[nH]n2)nc(Nc2ccc(NC(=O)N(S)c3ccc(Cl)c(C(F)(F)F)c3)nc2)n1. The second-order valence-electron chi connectivity index (χ2n) is 8.84. The van der Waals surface area contributed by atoms with Gasteiger partial charge in [-0.2, -0.15) is 23.3 Å². The molecule has 3 aromatic heterocycles. The van der Waals surface area contributed by atoms with Gasteiger partial charge in [0, 0.05) is 17.8 Å². The Morgan fingerprint density at radius 1 is 0.952 bits per heavy atom. The predicted molar refractivity (Wildman–Crippen MR) is 159 cm³/mol. The maximum Gasteiger partial charge on any atom is 0.417 e. The Morgan fingerprint density at radius 2 is 1.74 bits per heavy atom. The van der Waals surface area contributed by atoms with E-state index in [0.29, 0.717) is 29.0 Å². The Labute approximate surface area is 247 Å². The Kier molecular flexibility index (Phi) is 8.17. The van der Waals surface area contributed by atoms with E-state index in [1.54, 1.807) is 12.1 Å². The zero-order valence-electron chi connectivity index (χ0n) is 21.6. The number of thiol groups is 1. The van der Waals surface area contributed by atoms with E-state index in [4.69, 9.17) is 11.6 Å². The van der Waals surface area contributed by atoms with Gasteiger partial charge in [0.15, 0.2) is 5.82 Å². The number of urea groups is 1. The molecule has 0 aliphatic carbocycles. The fourth-order valence-electron chi connectivity index (χ4n) is 3.78. The summed E-state index contributed by atoms with van der Waals surface area (Å²) in [6, 6.07) is 18.7. The van der Waals surface area contributed by atoms with Crippen molar-refractivity contribution in [2.75, 3.05) is 20.3 Å². The summed E-state index contributed by atoms with van der Waals surface area (Å²) in [5.41, 5.74) is 1.84. The zero-order valence-corrected chi connectivity index (χ0v) is 23.3. The molecule has 3 heterocycles. The Bertz CT molecular complexity index is 1720. The van der Waals surface area contributed by atoms with Gasteiger partial charge in [0.1, 0.15) is 11.6 Å². The third-order valence-corrected chi connectivity index (χ3v) is 6.46. The first-order valence-corrected chi connectivity index (χ1v) is 13.0. The van der Waals surface area contributed by atoms with Gasteiger partial charge in [0.05, 0.1) is 33.9 Å². The maximum absolute atomic E-state index is 13.2. The highest BCUT2D eigenvalue weighted by Crippen LogP contribution is 2.37. The molecule has 0 unspecified atom stereocenters. The highest BCUT2D eigenvalue weighted by molar-refractivity contribution is 7.82. The lowest BCUT2D eigenvalue weighted by atomic mass is 10.2. The van der Waals surface area contributed by atoms with E-state index < -0.39 is 22.8 Å². The molecule has 0 spiro atoms. The molecule has 15 heteroatoms. The van der Waals surface area contributed by atoms with Crippen LogP contribution in [0.4, 0.5) is 52.7 Å². The summed E-state index contributed by atoms with van der Waals surface area (Å²) in [7, 11) is 0. The average Bonchev–Trinajstić information content (AvgIpc) is 3.42. The lowest BCUT2D eigenvalue weighted by molar-refractivity contribution is -0.137. The van der Waals surface area contributed by atoms with Crippen LogP contribution in [-0.2, 0) is 6.18 Å². The number of hydrogen-bond donors (Lipinski definition) is 5. The van der Waals surface area contributed by atoms with E-state index in [1.165, 1.54) is 18.3 Å². The van der Waals surface area contributed by atoms with Gasteiger partial charge in [-0.25, -0.2) is 19.1 Å². The molecular formula is C27H21ClF3N9OS. The number of aromatic nitrogens is 5. The number of H-pyrrole nitrogens is 1. The topological polar surface area (TPSA) is 124 Å². The molecule has 10 nitrogen and oxygen atoms in total. The molecule has 0 atom stereocenters. The summed E-state index contributed by atoms with van der Waals surface area (Å²) in [6.45, 7) is 1.82. The maximum atomic E-state index is 13.2. The first-order valence-electron chi connectivity index (χ1n) is 12.2. The van der Waals surface area contributed by atoms with Crippen LogP contribution in [0.15, 0.2) is 79.0 Å². The number of nitrogens with zero attached hydrogens (tertiary/aromatic N) is 5. The molecule has 0 fully saturated rings. The van der Waals surface area contributed by atoms with Crippen LogP contribution in [0.2, 0.25) is 5.02 Å². The van der Waals surface area contributed by atoms with Crippen molar-refractivity contribution < 1.29 is 18.0 Å². The number of aryl methyl sites for hydroxylation is 1. The van der Waals surface area contributed by atoms with Gasteiger partial charge in [-0.05, 0) is 42.8 Å². The molecule has 0 radical (unpaired) electrons. The smallest absolute Gasteiger partial charge is 0.323 e. The van der Waals surface area contributed by atoms with Crippen molar-refractivity contribution in [3.8, 4) is 11.3 Å². The molecular weight excluding hydrogens is 591 g/mol. The second-order valence-corrected chi connectivity index (χ2v) is 9.64. The number of halogens is 4. The molecule has 0 aliphatic heterocycles. The number of anilines is 6. The van der Waals surface area contributed by atoms with Crippen LogP contribution >= 0.6 is 24.4 Å². The van der Waals surface area contributed by atoms with E-state index in [2.05, 4.69) is 53.9 Å². The normalized spacial score (nSPS) is 11.2. The molecule has 2 aromatic carbocycles. The Morgan fingerprint density at radius 3 is 2.45 bits per heavy atom. The standard InChI is InChI=1S/C27H21ClF3N9OS/c1-15-11-23(35-24-13-21(38-39-24)16-5-3-2-4-6-16)36-25(33-15)34-17-7-10-22(32-14-17)37-26(41)40(42)18-8-9-20(28)19(12-18)27(29,30)31/h2-14,42H,1H3,(H,32,37,41)(H3,33,34,35,36,38,39). The molecule has 214 valence electrons. The number of carbonyl (C=O) groups excluding carboxylic acids is 1. The molecule has 2 amide bonds. The number of amides is 2. The molecule has 42 heavy (non-hydrogen) atoms. The number of benzene rings is 2. The highest BCUT2D eigenvalue weighted by atomic mass is 35.5. The second kappa shape index (κ2) is 12.0. The molecule has 0 aliphatic rings. The quantitative estimate of drug-likeness (QED) is 0.120. The third-order valence-electron chi connectivity index (χ3n) is 5.72. The summed E-state index contributed by atoms with van der Waals surface area (Å²) in [5.74, 6) is 1.51. The number of aromatic amines is 1. The van der Waals surface area contributed by atoms with Crippen LogP contribution < -0.4 is 20.3 Å². The van der Waals surface area contributed by atoms with Gasteiger partial charge >= 0.3 is 12.2 Å². The number of pyridine rings is 1. The van der Waals surface area contributed by atoms with E-state index in [9.17, 15) is 18.0 Å². The Hall–Kier alpha value is -4.82. The van der Waals surface area contributed by atoms with Gasteiger partial charge in [-0.1, -0.05) is 54.7 Å². The van der Waals surface area contributed by atoms with Crippen molar-refractivity contribution >= 4 is 65.2 Å².